The molecule has 19 heavy (non-hydrogen) atoms. The predicted octanol–water partition coefficient (Wildman–Crippen LogP) is 2.86. The number of hydrogen-bond acceptors (Lipinski definition) is 3. The van der Waals surface area contributed by atoms with Gasteiger partial charge in [-0.3, -0.25) is 0 Å². The summed E-state index contributed by atoms with van der Waals surface area (Å²) in [5.74, 6) is 0.178. The molecule has 0 amide bonds. The van der Waals surface area contributed by atoms with Crippen LogP contribution in [0, 0.1) is 13.8 Å². The van der Waals surface area contributed by atoms with Gasteiger partial charge in [-0.25, -0.2) is 8.42 Å². The fourth-order valence-electron chi connectivity index (χ4n) is 2.15. The lowest BCUT2D eigenvalue weighted by Gasteiger charge is -2.17. The van der Waals surface area contributed by atoms with Gasteiger partial charge in [-0.15, -0.1) is 0 Å². The minimum Gasteiger partial charge on any atom is -0.313 e. The van der Waals surface area contributed by atoms with E-state index < -0.39 is 9.84 Å². The zero-order valence-corrected chi connectivity index (χ0v) is 13.2. The van der Waals surface area contributed by atoms with Crippen LogP contribution in [0.4, 0.5) is 0 Å². The first-order chi connectivity index (χ1) is 8.90. The molecule has 4 heteroatoms. The van der Waals surface area contributed by atoms with E-state index >= 15 is 0 Å². The molecule has 0 aromatic heterocycles. The van der Waals surface area contributed by atoms with E-state index in [1.165, 1.54) is 0 Å². The minimum absolute atomic E-state index is 0.0432. The van der Waals surface area contributed by atoms with Crippen LogP contribution in [0.15, 0.2) is 23.1 Å². The zero-order valence-electron chi connectivity index (χ0n) is 12.4. The molecule has 108 valence electrons. The van der Waals surface area contributed by atoms with Crippen molar-refractivity contribution in [3.05, 3.63) is 29.3 Å². The van der Waals surface area contributed by atoms with Gasteiger partial charge in [0.2, 0.25) is 0 Å². The van der Waals surface area contributed by atoms with Gasteiger partial charge in [0.05, 0.1) is 10.6 Å². The van der Waals surface area contributed by atoms with E-state index in [9.17, 15) is 8.42 Å². The second-order valence-corrected chi connectivity index (χ2v) is 7.10. The topological polar surface area (TPSA) is 46.2 Å². The molecule has 1 aromatic carbocycles. The van der Waals surface area contributed by atoms with Gasteiger partial charge in [-0.05, 0) is 50.1 Å². The van der Waals surface area contributed by atoms with E-state index in [4.69, 9.17) is 0 Å². The van der Waals surface area contributed by atoms with Gasteiger partial charge in [0.1, 0.15) is 0 Å². The van der Waals surface area contributed by atoms with Crippen LogP contribution in [0.1, 0.15) is 37.8 Å². The number of rotatable bonds is 7. The van der Waals surface area contributed by atoms with Crippen LogP contribution in [-0.4, -0.2) is 26.8 Å². The Hall–Kier alpha value is -0.870. The standard InChI is InChI=1S/C15H25NO2S/c1-5-7-14(16-6-2)11-19(17,18)15-9-8-12(3)13(4)10-15/h8-10,14,16H,5-7,11H2,1-4H3. The second kappa shape index (κ2) is 7.06. The van der Waals surface area contributed by atoms with Crippen LogP contribution in [0.3, 0.4) is 0 Å². The van der Waals surface area contributed by atoms with Gasteiger partial charge in [0, 0.05) is 6.04 Å². The number of hydrogen-bond donors (Lipinski definition) is 1. The van der Waals surface area contributed by atoms with Crippen LogP contribution in [-0.2, 0) is 9.84 Å². The van der Waals surface area contributed by atoms with Gasteiger partial charge in [0.25, 0.3) is 0 Å². The summed E-state index contributed by atoms with van der Waals surface area (Å²) >= 11 is 0. The highest BCUT2D eigenvalue weighted by atomic mass is 32.2. The van der Waals surface area contributed by atoms with Crippen molar-refractivity contribution in [3.63, 3.8) is 0 Å². The van der Waals surface area contributed by atoms with E-state index in [0.29, 0.717) is 4.90 Å². The molecule has 0 radical (unpaired) electrons. The quantitative estimate of drug-likeness (QED) is 0.837. The summed E-state index contributed by atoms with van der Waals surface area (Å²) < 4.78 is 24.8. The normalized spacial score (nSPS) is 13.5. The highest BCUT2D eigenvalue weighted by Crippen LogP contribution is 2.17. The lowest BCUT2D eigenvalue weighted by atomic mass is 10.1. The highest BCUT2D eigenvalue weighted by molar-refractivity contribution is 7.91. The summed E-state index contributed by atoms with van der Waals surface area (Å²) in [7, 11) is -3.21. The van der Waals surface area contributed by atoms with Crippen molar-refractivity contribution in [3.8, 4) is 0 Å². The summed E-state index contributed by atoms with van der Waals surface area (Å²) in [6.07, 6.45) is 1.87. The molecule has 0 fully saturated rings. The van der Waals surface area contributed by atoms with Gasteiger partial charge < -0.3 is 5.32 Å². The largest absolute Gasteiger partial charge is 0.313 e. The van der Waals surface area contributed by atoms with Crippen LogP contribution < -0.4 is 5.32 Å². The van der Waals surface area contributed by atoms with Crippen molar-refractivity contribution in [1.29, 1.82) is 0 Å². The van der Waals surface area contributed by atoms with Crippen molar-refractivity contribution in [1.82, 2.24) is 5.32 Å². The Morgan fingerprint density at radius 1 is 1.16 bits per heavy atom. The van der Waals surface area contributed by atoms with E-state index in [1.807, 2.05) is 26.8 Å². The Kier molecular flexibility index (Phi) is 6.01. The summed E-state index contributed by atoms with van der Waals surface area (Å²) in [5.41, 5.74) is 2.15. The SMILES string of the molecule is CCCC(CS(=O)(=O)c1ccc(C)c(C)c1)NCC. The number of nitrogens with one attached hydrogen (secondary N) is 1. The third-order valence-corrected chi connectivity index (χ3v) is 5.20. The molecule has 0 saturated carbocycles. The first-order valence-electron chi connectivity index (χ1n) is 6.94. The van der Waals surface area contributed by atoms with Crippen molar-refractivity contribution in [2.75, 3.05) is 12.3 Å². The lowest BCUT2D eigenvalue weighted by molar-refractivity contribution is 0.512. The second-order valence-electron chi connectivity index (χ2n) is 5.07. The molecule has 1 aromatic rings. The molecular weight excluding hydrogens is 258 g/mol. The molecule has 0 spiro atoms. The molecule has 0 aliphatic heterocycles. The summed E-state index contributed by atoms with van der Waals surface area (Å²) in [6.45, 7) is 8.82. The fraction of sp³-hybridized carbons (Fsp3) is 0.600. The molecule has 0 saturated heterocycles. The maximum absolute atomic E-state index is 12.4. The molecule has 1 atom stereocenters. The Morgan fingerprint density at radius 3 is 2.37 bits per heavy atom. The van der Waals surface area contributed by atoms with Crippen molar-refractivity contribution >= 4 is 9.84 Å². The van der Waals surface area contributed by atoms with Crippen LogP contribution in [0.5, 0.6) is 0 Å². The van der Waals surface area contributed by atoms with Crippen molar-refractivity contribution < 1.29 is 8.42 Å². The van der Waals surface area contributed by atoms with Crippen LogP contribution in [0.25, 0.3) is 0 Å². The molecule has 0 aliphatic rings. The third kappa shape index (κ3) is 4.62. The highest BCUT2D eigenvalue weighted by Gasteiger charge is 2.20. The zero-order chi connectivity index (χ0) is 14.5. The summed E-state index contributed by atoms with van der Waals surface area (Å²) in [4.78, 5) is 0.439. The number of aryl methyl sites for hydroxylation is 2. The van der Waals surface area contributed by atoms with Gasteiger partial charge in [0.15, 0.2) is 9.84 Å². The molecule has 1 unspecified atom stereocenters. The molecule has 3 nitrogen and oxygen atoms in total. The van der Waals surface area contributed by atoms with Crippen LogP contribution >= 0.6 is 0 Å². The van der Waals surface area contributed by atoms with Crippen molar-refractivity contribution in [2.24, 2.45) is 0 Å². The molecule has 1 N–H and O–H groups in total. The van der Waals surface area contributed by atoms with E-state index in [2.05, 4.69) is 12.2 Å². The molecule has 1 rings (SSSR count). The fourth-order valence-corrected chi connectivity index (χ4v) is 3.79. The monoisotopic (exact) mass is 283 g/mol. The number of sulfone groups is 1. The first kappa shape index (κ1) is 16.2. The average molecular weight is 283 g/mol. The Morgan fingerprint density at radius 2 is 1.84 bits per heavy atom. The Balaban J connectivity index is 2.92. The van der Waals surface area contributed by atoms with Gasteiger partial charge in [-0.2, -0.15) is 0 Å². The Bertz CT molecular complexity index is 503. The minimum atomic E-state index is -3.21. The van der Waals surface area contributed by atoms with E-state index in [-0.39, 0.29) is 11.8 Å². The maximum Gasteiger partial charge on any atom is 0.179 e. The van der Waals surface area contributed by atoms with Crippen LogP contribution in [0.2, 0.25) is 0 Å². The molecule has 0 heterocycles. The summed E-state index contributed by atoms with van der Waals surface area (Å²) in [6, 6.07) is 5.41. The van der Waals surface area contributed by atoms with E-state index in [1.54, 1.807) is 12.1 Å². The maximum atomic E-state index is 12.4. The van der Waals surface area contributed by atoms with Gasteiger partial charge >= 0.3 is 0 Å². The smallest absolute Gasteiger partial charge is 0.179 e. The third-order valence-electron chi connectivity index (χ3n) is 3.39. The first-order valence-corrected chi connectivity index (χ1v) is 8.59. The lowest BCUT2D eigenvalue weighted by Crippen LogP contribution is -2.35. The number of benzene rings is 1. The molecule has 0 bridgehead atoms. The molecular formula is C15H25NO2S. The summed E-state index contributed by atoms with van der Waals surface area (Å²) in [5, 5.41) is 3.26. The van der Waals surface area contributed by atoms with Crippen molar-refractivity contribution in [2.45, 2.75) is 51.5 Å². The average Bonchev–Trinajstić information content (AvgIpc) is 2.32. The van der Waals surface area contributed by atoms with Gasteiger partial charge in [-0.1, -0.05) is 26.3 Å². The Labute approximate surface area is 117 Å². The predicted molar refractivity (Wildman–Crippen MR) is 80.3 cm³/mol. The molecule has 0 aliphatic carbocycles. The van der Waals surface area contributed by atoms with E-state index in [0.717, 1.165) is 30.5 Å².